The molecule has 0 atom stereocenters. The zero-order chi connectivity index (χ0) is 13.8. The molecular weight excluding hydrogens is 251 g/mol. The monoisotopic (exact) mass is 263 g/mol. The van der Waals surface area contributed by atoms with Gasteiger partial charge in [-0.1, -0.05) is 0 Å². The number of aliphatic hydroxyl groups excluding tert-OH is 1. The molecule has 0 unspecified atom stereocenters. The molecule has 4 N–H and O–H groups in total. The van der Waals surface area contributed by atoms with Crippen molar-refractivity contribution in [3.8, 4) is 0 Å². The Morgan fingerprint density at radius 3 is 2.44 bits per heavy atom. The Bertz CT molecular complexity index is 406. The number of amidine groups is 1. The number of halogens is 3. The van der Waals surface area contributed by atoms with E-state index in [9.17, 15) is 13.2 Å². The van der Waals surface area contributed by atoms with Gasteiger partial charge in [-0.25, -0.2) is 9.97 Å². The van der Waals surface area contributed by atoms with Gasteiger partial charge >= 0.3 is 6.18 Å². The van der Waals surface area contributed by atoms with Crippen molar-refractivity contribution in [2.45, 2.75) is 6.18 Å². The Morgan fingerprint density at radius 1 is 1.39 bits per heavy atom. The first-order chi connectivity index (χ1) is 8.33. The molecule has 0 bridgehead atoms. The molecule has 1 rings (SSSR count). The second-order valence-corrected chi connectivity index (χ2v) is 3.43. The number of aliphatic hydroxyl groups is 1. The van der Waals surface area contributed by atoms with Crippen LogP contribution >= 0.6 is 0 Å². The van der Waals surface area contributed by atoms with Gasteiger partial charge < -0.3 is 15.7 Å². The minimum atomic E-state index is -4.41. The molecule has 1 aromatic heterocycles. The number of alkyl halides is 3. The normalized spacial score (nSPS) is 11.3. The zero-order valence-corrected chi connectivity index (χ0v) is 9.28. The molecule has 0 spiro atoms. The highest BCUT2D eigenvalue weighted by atomic mass is 19.4. The third kappa shape index (κ3) is 4.17. The van der Waals surface area contributed by atoms with Crippen LogP contribution in [-0.4, -0.2) is 46.8 Å². The Morgan fingerprint density at radius 2 is 2.06 bits per heavy atom. The molecule has 0 aliphatic carbocycles. The summed E-state index contributed by atoms with van der Waals surface area (Å²) in [5.41, 5.74) is 5.23. The average Bonchev–Trinajstić information content (AvgIpc) is 2.27. The van der Waals surface area contributed by atoms with E-state index in [0.717, 1.165) is 17.3 Å². The van der Waals surface area contributed by atoms with Gasteiger partial charge in [-0.2, -0.15) is 13.2 Å². The Kier molecular flexibility index (Phi) is 4.43. The van der Waals surface area contributed by atoms with Crippen molar-refractivity contribution in [1.29, 1.82) is 5.41 Å². The van der Waals surface area contributed by atoms with Crippen LogP contribution in [0, 0.1) is 5.41 Å². The molecule has 0 aliphatic rings. The van der Waals surface area contributed by atoms with Crippen molar-refractivity contribution in [3.63, 3.8) is 0 Å². The summed E-state index contributed by atoms with van der Waals surface area (Å²) >= 11 is 0. The lowest BCUT2D eigenvalue weighted by Crippen LogP contribution is -2.37. The minimum Gasteiger partial charge on any atom is -0.395 e. The third-order valence-corrected chi connectivity index (χ3v) is 1.98. The molecule has 6 nitrogen and oxygen atoms in total. The summed E-state index contributed by atoms with van der Waals surface area (Å²) in [6, 6.07) is 0. The first kappa shape index (κ1) is 14.2. The molecule has 0 amide bonds. The fourth-order valence-electron chi connectivity index (χ4n) is 1.24. The third-order valence-electron chi connectivity index (χ3n) is 1.98. The van der Waals surface area contributed by atoms with Gasteiger partial charge in [-0.15, -0.1) is 0 Å². The maximum Gasteiger partial charge on any atom is 0.405 e. The minimum absolute atomic E-state index is 0.0358. The van der Waals surface area contributed by atoms with Crippen molar-refractivity contribution >= 4 is 11.7 Å². The molecule has 0 radical (unpaired) electrons. The lowest BCUT2D eigenvalue weighted by molar-refractivity contribution is -0.120. The van der Waals surface area contributed by atoms with Crippen LogP contribution in [-0.2, 0) is 0 Å². The molecule has 1 heterocycles. The molecule has 9 heteroatoms. The van der Waals surface area contributed by atoms with Gasteiger partial charge in [0.05, 0.1) is 19.0 Å². The number of nitrogens with two attached hydrogens (primary N) is 1. The van der Waals surface area contributed by atoms with E-state index >= 15 is 0 Å². The van der Waals surface area contributed by atoms with Gasteiger partial charge in [-0.05, 0) is 0 Å². The Hall–Kier alpha value is -1.90. The van der Waals surface area contributed by atoms with Crippen LogP contribution in [0.1, 0.15) is 5.69 Å². The van der Waals surface area contributed by atoms with Crippen molar-refractivity contribution in [1.82, 2.24) is 9.97 Å². The van der Waals surface area contributed by atoms with Crippen LogP contribution in [0.4, 0.5) is 19.0 Å². The van der Waals surface area contributed by atoms with E-state index < -0.39 is 19.3 Å². The average molecular weight is 263 g/mol. The highest BCUT2D eigenvalue weighted by Crippen LogP contribution is 2.19. The number of nitrogen functional groups attached to an aromatic ring is 1. The molecule has 0 saturated carbocycles. The number of aromatic nitrogens is 2. The molecular formula is C9H12F3N5O. The number of hydrogen-bond acceptors (Lipinski definition) is 5. The van der Waals surface area contributed by atoms with E-state index in [0.29, 0.717) is 0 Å². The van der Waals surface area contributed by atoms with Crippen LogP contribution in [0.25, 0.3) is 0 Å². The fourth-order valence-corrected chi connectivity index (χ4v) is 1.24. The summed E-state index contributed by atoms with van der Waals surface area (Å²) in [7, 11) is 0. The summed E-state index contributed by atoms with van der Waals surface area (Å²) in [4.78, 5) is 8.29. The van der Waals surface area contributed by atoms with E-state index in [1.165, 1.54) is 0 Å². The van der Waals surface area contributed by atoms with Gasteiger partial charge in [0.2, 0.25) is 0 Å². The van der Waals surface area contributed by atoms with Crippen molar-refractivity contribution in [2.24, 2.45) is 5.73 Å². The van der Waals surface area contributed by atoms with E-state index in [2.05, 4.69) is 9.97 Å². The van der Waals surface area contributed by atoms with Gasteiger partial charge in [0.1, 0.15) is 23.9 Å². The summed E-state index contributed by atoms with van der Waals surface area (Å²) in [5, 5.41) is 15.8. The van der Waals surface area contributed by atoms with Crippen molar-refractivity contribution in [3.05, 3.63) is 18.1 Å². The predicted molar refractivity (Wildman–Crippen MR) is 58.4 cm³/mol. The SMILES string of the molecule is N=C(N)c1cnc(N(CCO)CC(F)(F)F)cn1. The van der Waals surface area contributed by atoms with Crippen LogP contribution in [0.5, 0.6) is 0 Å². The summed E-state index contributed by atoms with van der Waals surface area (Å²) in [5.74, 6) is -0.357. The van der Waals surface area contributed by atoms with E-state index in [-0.39, 0.29) is 23.9 Å². The maximum atomic E-state index is 12.3. The number of nitrogens with zero attached hydrogens (tertiary/aromatic N) is 3. The Balaban J connectivity index is 2.88. The standard InChI is InChI=1S/C9H12F3N5O/c10-9(11,12)5-17(1-2-18)7-4-15-6(3-16-7)8(13)14/h3-4,18H,1-2,5H2,(H3,13,14). The molecule has 0 saturated heterocycles. The van der Waals surface area contributed by atoms with Crippen LogP contribution in [0.3, 0.4) is 0 Å². The van der Waals surface area contributed by atoms with Gasteiger partial charge in [0, 0.05) is 6.54 Å². The lowest BCUT2D eigenvalue weighted by Gasteiger charge is -2.23. The first-order valence-electron chi connectivity index (χ1n) is 4.92. The zero-order valence-electron chi connectivity index (χ0n) is 9.28. The fraction of sp³-hybridized carbons (Fsp3) is 0.444. The summed E-state index contributed by atoms with van der Waals surface area (Å²) in [6.07, 6.45) is -2.22. The van der Waals surface area contributed by atoms with Crippen molar-refractivity contribution in [2.75, 3.05) is 24.6 Å². The molecule has 0 aromatic carbocycles. The van der Waals surface area contributed by atoms with Crippen LogP contribution < -0.4 is 10.6 Å². The number of nitrogens with one attached hydrogen (secondary N) is 1. The predicted octanol–water partition coefficient (Wildman–Crippen LogP) is 0.122. The first-order valence-corrected chi connectivity index (χ1v) is 4.92. The van der Waals surface area contributed by atoms with Gasteiger partial charge in [0.15, 0.2) is 0 Å². The van der Waals surface area contributed by atoms with E-state index in [4.69, 9.17) is 16.2 Å². The van der Waals surface area contributed by atoms with Gasteiger partial charge in [-0.3, -0.25) is 5.41 Å². The van der Waals surface area contributed by atoms with E-state index in [1.54, 1.807) is 0 Å². The number of hydrogen-bond donors (Lipinski definition) is 3. The van der Waals surface area contributed by atoms with Crippen molar-refractivity contribution < 1.29 is 18.3 Å². The van der Waals surface area contributed by atoms with E-state index in [1.807, 2.05) is 0 Å². The highest BCUT2D eigenvalue weighted by molar-refractivity contribution is 5.92. The molecule has 100 valence electrons. The van der Waals surface area contributed by atoms with Crippen LogP contribution in [0.15, 0.2) is 12.4 Å². The number of anilines is 1. The molecule has 18 heavy (non-hydrogen) atoms. The Labute approximate surface area is 101 Å². The van der Waals surface area contributed by atoms with Gasteiger partial charge in [0.25, 0.3) is 0 Å². The summed E-state index contributed by atoms with van der Waals surface area (Å²) in [6.45, 7) is -1.89. The molecule has 0 aliphatic heterocycles. The smallest absolute Gasteiger partial charge is 0.395 e. The molecule has 1 aromatic rings. The molecule has 0 fully saturated rings. The largest absolute Gasteiger partial charge is 0.405 e. The summed E-state index contributed by atoms with van der Waals surface area (Å²) < 4.78 is 36.9. The number of rotatable bonds is 5. The lowest BCUT2D eigenvalue weighted by atomic mass is 10.4. The second kappa shape index (κ2) is 5.63. The quantitative estimate of drug-likeness (QED) is 0.517. The van der Waals surface area contributed by atoms with Crippen LogP contribution in [0.2, 0.25) is 0 Å². The topological polar surface area (TPSA) is 99.1 Å². The maximum absolute atomic E-state index is 12.3. The highest BCUT2D eigenvalue weighted by Gasteiger charge is 2.31. The second-order valence-electron chi connectivity index (χ2n) is 3.43.